The quantitative estimate of drug-likeness (QED) is 0.784. The monoisotopic (exact) mass is 243 g/mol. The van der Waals surface area contributed by atoms with Crippen LogP contribution in [0.5, 0.6) is 0 Å². The minimum Gasteiger partial charge on any atom is -0.337 e. The SMILES string of the molecule is CCCc1c(CC)n(CC(C)=O)c2ccccc12. The molecule has 2 heteroatoms. The van der Waals surface area contributed by atoms with E-state index in [1.54, 1.807) is 6.92 Å². The first kappa shape index (κ1) is 12.9. The summed E-state index contributed by atoms with van der Waals surface area (Å²) in [6.45, 7) is 6.53. The molecule has 0 aliphatic rings. The van der Waals surface area contributed by atoms with Gasteiger partial charge in [-0.2, -0.15) is 0 Å². The summed E-state index contributed by atoms with van der Waals surface area (Å²) in [6.07, 6.45) is 3.22. The Morgan fingerprint density at radius 2 is 1.94 bits per heavy atom. The molecule has 2 rings (SSSR count). The number of para-hydroxylation sites is 1. The van der Waals surface area contributed by atoms with Gasteiger partial charge in [0.2, 0.25) is 0 Å². The van der Waals surface area contributed by atoms with Crippen molar-refractivity contribution in [3.05, 3.63) is 35.5 Å². The Morgan fingerprint density at radius 3 is 2.56 bits per heavy atom. The molecule has 0 atom stereocenters. The molecular formula is C16H21NO. The van der Waals surface area contributed by atoms with Gasteiger partial charge in [0, 0.05) is 16.6 Å². The van der Waals surface area contributed by atoms with E-state index >= 15 is 0 Å². The Labute approximate surface area is 109 Å². The van der Waals surface area contributed by atoms with Gasteiger partial charge in [0.15, 0.2) is 0 Å². The predicted molar refractivity (Wildman–Crippen MR) is 76.0 cm³/mol. The predicted octanol–water partition coefficient (Wildman–Crippen LogP) is 3.75. The fraction of sp³-hybridized carbons (Fsp3) is 0.438. The molecular weight excluding hydrogens is 222 g/mol. The molecule has 0 amide bonds. The van der Waals surface area contributed by atoms with Crippen molar-refractivity contribution < 1.29 is 4.79 Å². The Hall–Kier alpha value is -1.57. The topological polar surface area (TPSA) is 22.0 Å². The van der Waals surface area contributed by atoms with Crippen molar-refractivity contribution in [2.24, 2.45) is 0 Å². The number of nitrogens with zero attached hydrogens (tertiary/aromatic N) is 1. The van der Waals surface area contributed by atoms with Crippen LogP contribution < -0.4 is 0 Å². The van der Waals surface area contributed by atoms with Crippen molar-refractivity contribution in [3.8, 4) is 0 Å². The van der Waals surface area contributed by atoms with E-state index in [0.29, 0.717) is 6.54 Å². The highest BCUT2D eigenvalue weighted by Gasteiger charge is 2.15. The average Bonchev–Trinajstić information content (AvgIpc) is 2.64. The van der Waals surface area contributed by atoms with E-state index in [2.05, 4.69) is 36.6 Å². The van der Waals surface area contributed by atoms with E-state index < -0.39 is 0 Å². The van der Waals surface area contributed by atoms with Crippen LogP contribution in [0, 0.1) is 0 Å². The molecule has 18 heavy (non-hydrogen) atoms. The number of carbonyl (C=O) groups is 1. The van der Waals surface area contributed by atoms with E-state index in [-0.39, 0.29) is 5.78 Å². The number of aromatic nitrogens is 1. The number of hydrogen-bond donors (Lipinski definition) is 0. The van der Waals surface area contributed by atoms with Gasteiger partial charge in [-0.1, -0.05) is 38.5 Å². The van der Waals surface area contributed by atoms with E-state index in [9.17, 15) is 4.79 Å². The molecule has 0 N–H and O–H groups in total. The molecule has 1 aromatic heterocycles. The van der Waals surface area contributed by atoms with Crippen LogP contribution in [-0.2, 0) is 24.2 Å². The average molecular weight is 243 g/mol. The lowest BCUT2D eigenvalue weighted by Gasteiger charge is -2.08. The highest BCUT2D eigenvalue weighted by Crippen LogP contribution is 2.28. The Morgan fingerprint density at radius 1 is 1.22 bits per heavy atom. The molecule has 0 fully saturated rings. The Balaban J connectivity index is 2.69. The lowest BCUT2D eigenvalue weighted by molar-refractivity contribution is -0.117. The van der Waals surface area contributed by atoms with Gasteiger partial charge in [-0.25, -0.2) is 0 Å². The first-order valence-electron chi connectivity index (χ1n) is 6.77. The van der Waals surface area contributed by atoms with Gasteiger partial charge in [0.1, 0.15) is 5.78 Å². The fourth-order valence-electron chi connectivity index (χ4n) is 2.76. The van der Waals surface area contributed by atoms with E-state index in [1.807, 2.05) is 6.07 Å². The minimum absolute atomic E-state index is 0.216. The van der Waals surface area contributed by atoms with Gasteiger partial charge in [-0.05, 0) is 31.4 Å². The highest BCUT2D eigenvalue weighted by atomic mass is 16.1. The van der Waals surface area contributed by atoms with Crippen LogP contribution in [-0.4, -0.2) is 10.4 Å². The van der Waals surface area contributed by atoms with Crippen molar-refractivity contribution >= 4 is 16.7 Å². The first-order valence-corrected chi connectivity index (χ1v) is 6.77. The standard InChI is InChI=1S/C16H21NO/c1-4-8-13-14-9-6-7-10-16(14)17(11-12(3)18)15(13)5-2/h6-7,9-10H,4-5,8,11H2,1-3H3. The molecule has 0 bridgehead atoms. The van der Waals surface area contributed by atoms with Gasteiger partial charge in [0.05, 0.1) is 6.54 Å². The summed E-state index contributed by atoms with van der Waals surface area (Å²) in [7, 11) is 0. The summed E-state index contributed by atoms with van der Waals surface area (Å²) in [5.74, 6) is 0.216. The minimum atomic E-state index is 0.216. The molecule has 1 aromatic carbocycles. The molecule has 0 spiro atoms. The van der Waals surface area contributed by atoms with Crippen LogP contribution >= 0.6 is 0 Å². The van der Waals surface area contributed by atoms with E-state index in [1.165, 1.54) is 22.2 Å². The number of aryl methyl sites for hydroxylation is 1. The van der Waals surface area contributed by atoms with Crippen molar-refractivity contribution in [3.63, 3.8) is 0 Å². The van der Waals surface area contributed by atoms with E-state index in [0.717, 1.165) is 19.3 Å². The van der Waals surface area contributed by atoms with Crippen molar-refractivity contribution in [2.45, 2.75) is 46.6 Å². The Bertz CT molecular complexity index is 566. The van der Waals surface area contributed by atoms with Crippen LogP contribution in [0.15, 0.2) is 24.3 Å². The lowest BCUT2D eigenvalue weighted by atomic mass is 10.0. The Kier molecular flexibility index (Phi) is 3.85. The van der Waals surface area contributed by atoms with Gasteiger partial charge < -0.3 is 4.57 Å². The van der Waals surface area contributed by atoms with Crippen molar-refractivity contribution in [1.82, 2.24) is 4.57 Å². The third-order valence-corrected chi connectivity index (χ3v) is 3.41. The van der Waals surface area contributed by atoms with Crippen LogP contribution in [0.4, 0.5) is 0 Å². The molecule has 0 aliphatic carbocycles. The van der Waals surface area contributed by atoms with E-state index in [4.69, 9.17) is 0 Å². The molecule has 2 aromatic rings. The second-order valence-corrected chi connectivity index (χ2v) is 4.83. The number of carbonyl (C=O) groups excluding carboxylic acids is 1. The number of rotatable bonds is 5. The molecule has 1 heterocycles. The van der Waals surface area contributed by atoms with Crippen LogP contribution in [0.3, 0.4) is 0 Å². The summed E-state index contributed by atoms with van der Waals surface area (Å²) in [5.41, 5.74) is 3.96. The fourth-order valence-corrected chi connectivity index (χ4v) is 2.76. The highest BCUT2D eigenvalue weighted by molar-refractivity contribution is 5.87. The maximum atomic E-state index is 11.5. The maximum Gasteiger partial charge on any atom is 0.149 e. The number of ketones is 1. The smallest absolute Gasteiger partial charge is 0.149 e. The zero-order valence-corrected chi connectivity index (χ0v) is 11.5. The molecule has 0 radical (unpaired) electrons. The number of hydrogen-bond acceptors (Lipinski definition) is 1. The largest absolute Gasteiger partial charge is 0.337 e. The second-order valence-electron chi connectivity index (χ2n) is 4.83. The summed E-state index contributed by atoms with van der Waals surface area (Å²) in [6, 6.07) is 8.43. The summed E-state index contributed by atoms with van der Waals surface area (Å²) < 4.78 is 2.20. The van der Waals surface area contributed by atoms with Gasteiger partial charge in [0.25, 0.3) is 0 Å². The molecule has 96 valence electrons. The van der Waals surface area contributed by atoms with Crippen LogP contribution in [0.1, 0.15) is 38.4 Å². The summed E-state index contributed by atoms with van der Waals surface area (Å²) in [5, 5.41) is 1.32. The zero-order valence-electron chi connectivity index (χ0n) is 11.5. The van der Waals surface area contributed by atoms with Gasteiger partial charge >= 0.3 is 0 Å². The van der Waals surface area contributed by atoms with Crippen LogP contribution in [0.25, 0.3) is 10.9 Å². The molecule has 0 unspecified atom stereocenters. The normalized spacial score (nSPS) is 11.1. The third-order valence-electron chi connectivity index (χ3n) is 3.41. The number of Topliss-reactive ketones (excluding diaryl/α,β-unsaturated/α-hetero) is 1. The number of benzene rings is 1. The number of fused-ring (bicyclic) bond motifs is 1. The van der Waals surface area contributed by atoms with Crippen molar-refractivity contribution in [2.75, 3.05) is 0 Å². The van der Waals surface area contributed by atoms with Gasteiger partial charge in [-0.3, -0.25) is 4.79 Å². The maximum absolute atomic E-state index is 11.5. The zero-order chi connectivity index (χ0) is 13.1. The summed E-state index contributed by atoms with van der Waals surface area (Å²) in [4.78, 5) is 11.5. The first-order chi connectivity index (χ1) is 8.69. The second kappa shape index (κ2) is 5.38. The molecule has 0 saturated carbocycles. The van der Waals surface area contributed by atoms with Crippen LogP contribution in [0.2, 0.25) is 0 Å². The summed E-state index contributed by atoms with van der Waals surface area (Å²) >= 11 is 0. The lowest BCUT2D eigenvalue weighted by Crippen LogP contribution is -2.09. The van der Waals surface area contributed by atoms with Crippen molar-refractivity contribution in [1.29, 1.82) is 0 Å². The third kappa shape index (κ3) is 2.20. The van der Waals surface area contributed by atoms with Gasteiger partial charge in [-0.15, -0.1) is 0 Å². The molecule has 0 aliphatic heterocycles. The molecule has 0 saturated heterocycles. The molecule has 2 nitrogen and oxygen atoms in total.